The fourth-order valence-corrected chi connectivity index (χ4v) is 3.65. The maximum Gasteiger partial charge on any atom is 0.407 e. The number of rotatable bonds is 7. The van der Waals surface area contributed by atoms with Gasteiger partial charge in [-0.15, -0.1) is 0 Å². The van der Waals surface area contributed by atoms with Crippen LogP contribution in [-0.2, 0) is 6.42 Å². The quantitative estimate of drug-likeness (QED) is 0.696. The lowest BCUT2D eigenvalue weighted by atomic mass is 9.89. The van der Waals surface area contributed by atoms with Gasteiger partial charge < -0.3 is 15.3 Å². The number of hydrogen-bond donors (Lipinski definition) is 2. The zero-order valence-electron chi connectivity index (χ0n) is 16.1. The van der Waals surface area contributed by atoms with Gasteiger partial charge in [0.25, 0.3) is 0 Å². The van der Waals surface area contributed by atoms with Crippen molar-refractivity contribution in [3.63, 3.8) is 0 Å². The summed E-state index contributed by atoms with van der Waals surface area (Å²) in [7, 11) is 0. The molecule has 0 bridgehead atoms. The third kappa shape index (κ3) is 6.60. The second-order valence-electron chi connectivity index (χ2n) is 8.29. The van der Waals surface area contributed by atoms with E-state index in [-0.39, 0.29) is 5.54 Å². The van der Waals surface area contributed by atoms with Crippen molar-refractivity contribution in [3.8, 4) is 0 Å². The second-order valence-corrected chi connectivity index (χ2v) is 8.29. The Labute approximate surface area is 152 Å². The summed E-state index contributed by atoms with van der Waals surface area (Å²) in [5.41, 5.74) is 2.11. The Hall–Kier alpha value is -1.71. The Kier molecular flexibility index (Phi) is 7.15. The summed E-state index contributed by atoms with van der Waals surface area (Å²) in [5.74, 6) is 0.813. The maximum atomic E-state index is 11.4. The molecule has 0 aliphatic heterocycles. The third-order valence-corrected chi connectivity index (χ3v) is 5.13. The van der Waals surface area contributed by atoms with Gasteiger partial charge in [-0.05, 0) is 70.1 Å². The molecule has 1 aromatic rings. The van der Waals surface area contributed by atoms with Crippen LogP contribution in [0.4, 0.5) is 10.5 Å². The molecular weight excluding hydrogens is 312 g/mol. The highest BCUT2D eigenvalue weighted by Crippen LogP contribution is 2.24. The van der Waals surface area contributed by atoms with Gasteiger partial charge in [0.05, 0.1) is 0 Å². The standard InChI is InChI=1S/C21H34N2O2/c1-21(2,3)23(20(24)25)14-8-12-17-11-7-13-19(15-17)22-16-18-9-5-4-6-10-18/h7,11,13,15,18,22H,4-6,8-10,12,14,16H2,1-3H3,(H,24,25). The molecule has 0 radical (unpaired) electrons. The van der Waals surface area contributed by atoms with Crippen LogP contribution in [0.15, 0.2) is 24.3 Å². The van der Waals surface area contributed by atoms with Crippen LogP contribution in [0.2, 0.25) is 0 Å². The Balaban J connectivity index is 1.81. The van der Waals surface area contributed by atoms with Crippen molar-refractivity contribution in [3.05, 3.63) is 29.8 Å². The molecule has 1 aliphatic rings. The van der Waals surface area contributed by atoms with Crippen molar-refractivity contribution in [2.45, 2.75) is 71.3 Å². The maximum absolute atomic E-state index is 11.4. The minimum Gasteiger partial charge on any atom is -0.465 e. The first-order chi connectivity index (χ1) is 11.9. The summed E-state index contributed by atoms with van der Waals surface area (Å²) < 4.78 is 0. The van der Waals surface area contributed by atoms with E-state index in [1.165, 1.54) is 48.3 Å². The SMILES string of the molecule is CC(C)(C)N(CCCc1cccc(NCC2CCCCC2)c1)C(=O)O. The molecule has 0 atom stereocenters. The Morgan fingerprint density at radius 2 is 1.96 bits per heavy atom. The van der Waals surface area contributed by atoms with Crippen LogP contribution >= 0.6 is 0 Å². The molecule has 0 spiro atoms. The van der Waals surface area contributed by atoms with E-state index in [1.807, 2.05) is 20.8 Å². The molecule has 1 aliphatic carbocycles. The minimum atomic E-state index is -0.838. The van der Waals surface area contributed by atoms with Gasteiger partial charge in [-0.3, -0.25) is 0 Å². The Morgan fingerprint density at radius 1 is 1.24 bits per heavy atom. The first-order valence-electron chi connectivity index (χ1n) is 9.69. The van der Waals surface area contributed by atoms with E-state index >= 15 is 0 Å². The Morgan fingerprint density at radius 3 is 2.60 bits per heavy atom. The van der Waals surface area contributed by atoms with Gasteiger partial charge in [-0.25, -0.2) is 4.79 Å². The molecule has 0 aromatic heterocycles. The number of carboxylic acid groups (broad SMARTS) is 1. The molecule has 25 heavy (non-hydrogen) atoms. The zero-order valence-corrected chi connectivity index (χ0v) is 16.1. The molecule has 4 nitrogen and oxygen atoms in total. The number of amides is 1. The highest BCUT2D eigenvalue weighted by atomic mass is 16.4. The number of aryl methyl sites for hydroxylation is 1. The van der Waals surface area contributed by atoms with E-state index in [1.54, 1.807) is 0 Å². The smallest absolute Gasteiger partial charge is 0.407 e. The summed E-state index contributed by atoms with van der Waals surface area (Å²) in [6.07, 6.45) is 7.76. The van der Waals surface area contributed by atoms with Gasteiger partial charge in [-0.2, -0.15) is 0 Å². The largest absolute Gasteiger partial charge is 0.465 e. The normalized spacial score (nSPS) is 15.8. The molecule has 4 heteroatoms. The number of nitrogens with zero attached hydrogens (tertiary/aromatic N) is 1. The van der Waals surface area contributed by atoms with E-state index in [9.17, 15) is 9.90 Å². The second kappa shape index (κ2) is 9.12. The summed E-state index contributed by atoms with van der Waals surface area (Å²) in [5, 5.41) is 13.0. The summed E-state index contributed by atoms with van der Waals surface area (Å²) >= 11 is 0. The predicted octanol–water partition coefficient (Wildman–Crippen LogP) is 5.39. The molecule has 0 saturated heterocycles. The summed E-state index contributed by atoms with van der Waals surface area (Å²) in [4.78, 5) is 12.9. The van der Waals surface area contributed by atoms with Crippen LogP contribution in [0.3, 0.4) is 0 Å². The fourth-order valence-electron chi connectivity index (χ4n) is 3.65. The molecule has 2 N–H and O–H groups in total. The lowest BCUT2D eigenvalue weighted by Crippen LogP contribution is -2.45. The van der Waals surface area contributed by atoms with Crippen molar-refractivity contribution < 1.29 is 9.90 Å². The van der Waals surface area contributed by atoms with Crippen LogP contribution in [0.1, 0.15) is 64.9 Å². The van der Waals surface area contributed by atoms with Crippen molar-refractivity contribution in [2.75, 3.05) is 18.4 Å². The number of hydrogen-bond acceptors (Lipinski definition) is 2. The minimum absolute atomic E-state index is 0.352. The van der Waals surface area contributed by atoms with Gasteiger partial charge in [0.15, 0.2) is 0 Å². The van der Waals surface area contributed by atoms with Crippen LogP contribution in [0, 0.1) is 5.92 Å². The number of nitrogens with one attached hydrogen (secondary N) is 1. The molecule has 0 unspecified atom stereocenters. The van der Waals surface area contributed by atoms with E-state index in [0.717, 1.165) is 25.3 Å². The first kappa shape index (κ1) is 19.6. The molecular formula is C21H34N2O2. The van der Waals surface area contributed by atoms with Crippen molar-refractivity contribution in [1.29, 1.82) is 0 Å². The lowest BCUT2D eigenvalue weighted by molar-refractivity contribution is 0.0996. The van der Waals surface area contributed by atoms with E-state index in [0.29, 0.717) is 6.54 Å². The monoisotopic (exact) mass is 346 g/mol. The van der Waals surface area contributed by atoms with Crippen LogP contribution in [0.25, 0.3) is 0 Å². The van der Waals surface area contributed by atoms with Gasteiger partial charge >= 0.3 is 6.09 Å². The molecule has 1 saturated carbocycles. The number of anilines is 1. The highest BCUT2D eigenvalue weighted by molar-refractivity contribution is 5.65. The van der Waals surface area contributed by atoms with Crippen LogP contribution in [0.5, 0.6) is 0 Å². The Bertz CT molecular complexity index is 545. The topological polar surface area (TPSA) is 52.6 Å². The molecule has 1 aromatic carbocycles. The molecule has 140 valence electrons. The van der Waals surface area contributed by atoms with Crippen molar-refractivity contribution in [2.24, 2.45) is 5.92 Å². The summed E-state index contributed by atoms with van der Waals surface area (Å²) in [6.45, 7) is 7.46. The molecule has 0 heterocycles. The average molecular weight is 347 g/mol. The van der Waals surface area contributed by atoms with Crippen molar-refractivity contribution >= 4 is 11.8 Å². The van der Waals surface area contributed by atoms with E-state index in [4.69, 9.17) is 0 Å². The summed E-state index contributed by atoms with van der Waals surface area (Å²) in [6, 6.07) is 8.57. The van der Waals surface area contributed by atoms with E-state index < -0.39 is 6.09 Å². The van der Waals surface area contributed by atoms with Gasteiger partial charge in [0.2, 0.25) is 0 Å². The zero-order chi connectivity index (χ0) is 18.3. The third-order valence-electron chi connectivity index (χ3n) is 5.13. The van der Waals surface area contributed by atoms with E-state index in [2.05, 4.69) is 29.6 Å². The molecule has 1 fully saturated rings. The van der Waals surface area contributed by atoms with Crippen LogP contribution < -0.4 is 5.32 Å². The van der Waals surface area contributed by atoms with Crippen LogP contribution in [-0.4, -0.2) is 34.7 Å². The van der Waals surface area contributed by atoms with Gasteiger partial charge in [0, 0.05) is 24.3 Å². The van der Waals surface area contributed by atoms with Gasteiger partial charge in [0.1, 0.15) is 0 Å². The number of carbonyl (C=O) groups is 1. The number of benzene rings is 1. The highest BCUT2D eigenvalue weighted by Gasteiger charge is 2.25. The van der Waals surface area contributed by atoms with Gasteiger partial charge in [-0.1, -0.05) is 31.4 Å². The molecule has 2 rings (SSSR count). The van der Waals surface area contributed by atoms with Crippen molar-refractivity contribution in [1.82, 2.24) is 4.90 Å². The first-order valence-corrected chi connectivity index (χ1v) is 9.69. The predicted molar refractivity (Wildman–Crippen MR) is 104 cm³/mol. The lowest BCUT2D eigenvalue weighted by Gasteiger charge is -2.33. The average Bonchev–Trinajstić information content (AvgIpc) is 2.57. The molecule has 1 amide bonds. The fraction of sp³-hybridized carbons (Fsp3) is 0.667.